The quantitative estimate of drug-likeness (QED) is 0.215. The van der Waals surface area contributed by atoms with Crippen molar-refractivity contribution in [3.05, 3.63) is 127 Å². The molecule has 0 saturated heterocycles. The minimum atomic E-state index is -0.758. The molecule has 3 heterocycles. The van der Waals surface area contributed by atoms with E-state index in [1.807, 2.05) is 42.5 Å². The van der Waals surface area contributed by atoms with E-state index in [0.29, 0.717) is 55.8 Å². The average molecular weight is 635 g/mol. The molecular weight excluding hydrogens is 604 g/mol. The zero-order valence-electron chi connectivity index (χ0n) is 25.4. The zero-order valence-corrected chi connectivity index (χ0v) is 26.3. The molecule has 232 valence electrons. The number of aromatic nitrogens is 1. The molecule has 0 spiro atoms. The molecule has 7 rings (SSSR count). The SMILES string of the molecule is CCOC(=O)C1=C(C)N=c2s/c(=C\c3ccc(OCc4cccc5ccccc45)c(OC)c3)c(=O)n2[C@H]1c1ccc2c(c1)OCO2. The van der Waals surface area contributed by atoms with Gasteiger partial charge in [-0.25, -0.2) is 9.79 Å². The molecule has 0 bridgehead atoms. The first kappa shape index (κ1) is 29.4. The van der Waals surface area contributed by atoms with Crippen molar-refractivity contribution in [2.24, 2.45) is 4.99 Å². The van der Waals surface area contributed by atoms with Crippen LogP contribution >= 0.6 is 11.3 Å². The van der Waals surface area contributed by atoms with Crippen LogP contribution in [-0.2, 0) is 16.1 Å². The van der Waals surface area contributed by atoms with Gasteiger partial charge in [0, 0.05) is 0 Å². The molecule has 10 heteroatoms. The first-order chi connectivity index (χ1) is 22.4. The van der Waals surface area contributed by atoms with Gasteiger partial charge in [-0.1, -0.05) is 65.9 Å². The predicted molar refractivity (Wildman–Crippen MR) is 174 cm³/mol. The Hall–Kier alpha value is -5.35. The number of benzene rings is 4. The lowest BCUT2D eigenvalue weighted by atomic mass is 9.95. The van der Waals surface area contributed by atoms with Gasteiger partial charge in [0.2, 0.25) is 6.79 Å². The van der Waals surface area contributed by atoms with Gasteiger partial charge in [-0.3, -0.25) is 9.36 Å². The van der Waals surface area contributed by atoms with Crippen LogP contribution in [0.3, 0.4) is 0 Å². The number of ether oxygens (including phenoxy) is 5. The van der Waals surface area contributed by atoms with Crippen LogP contribution in [0.5, 0.6) is 23.0 Å². The highest BCUT2D eigenvalue weighted by Gasteiger charge is 2.34. The third kappa shape index (κ3) is 5.30. The van der Waals surface area contributed by atoms with Crippen LogP contribution in [-0.4, -0.2) is 31.0 Å². The van der Waals surface area contributed by atoms with Crippen molar-refractivity contribution in [3.8, 4) is 23.0 Å². The van der Waals surface area contributed by atoms with Crippen LogP contribution in [0.4, 0.5) is 0 Å². The highest BCUT2D eigenvalue weighted by Crippen LogP contribution is 2.38. The maximum atomic E-state index is 14.1. The Bertz CT molecular complexity index is 2210. The van der Waals surface area contributed by atoms with Crippen molar-refractivity contribution in [2.45, 2.75) is 26.5 Å². The molecule has 4 aromatic carbocycles. The summed E-state index contributed by atoms with van der Waals surface area (Å²) < 4.78 is 30.4. The minimum absolute atomic E-state index is 0.109. The molecule has 5 aromatic rings. The lowest BCUT2D eigenvalue weighted by molar-refractivity contribution is -0.139. The van der Waals surface area contributed by atoms with Crippen molar-refractivity contribution in [1.82, 2.24) is 4.57 Å². The van der Waals surface area contributed by atoms with Crippen LogP contribution in [0.2, 0.25) is 0 Å². The van der Waals surface area contributed by atoms with Gasteiger partial charge in [-0.2, -0.15) is 0 Å². The maximum Gasteiger partial charge on any atom is 0.338 e. The Morgan fingerprint density at radius 1 is 1.02 bits per heavy atom. The van der Waals surface area contributed by atoms with Gasteiger partial charge >= 0.3 is 5.97 Å². The second-order valence-electron chi connectivity index (χ2n) is 10.8. The molecule has 1 atom stereocenters. The molecule has 9 nitrogen and oxygen atoms in total. The Kier molecular flexibility index (Phi) is 7.79. The van der Waals surface area contributed by atoms with Gasteiger partial charge in [0.1, 0.15) is 6.61 Å². The lowest BCUT2D eigenvalue weighted by Gasteiger charge is -2.24. The first-order valence-corrected chi connectivity index (χ1v) is 15.6. The number of allylic oxidation sites excluding steroid dienone is 1. The molecule has 2 aliphatic heterocycles. The number of hydrogen-bond donors (Lipinski definition) is 0. The highest BCUT2D eigenvalue weighted by molar-refractivity contribution is 7.07. The summed E-state index contributed by atoms with van der Waals surface area (Å²) in [5.41, 5.74) is 3.01. The molecular formula is C36H30N2O7S. The normalized spacial score (nSPS) is 15.5. The van der Waals surface area contributed by atoms with Gasteiger partial charge in [0.05, 0.1) is 35.6 Å². The monoisotopic (exact) mass is 634 g/mol. The second-order valence-corrected chi connectivity index (χ2v) is 11.8. The van der Waals surface area contributed by atoms with Gasteiger partial charge in [-0.05, 0) is 71.7 Å². The number of hydrogen-bond acceptors (Lipinski definition) is 9. The molecule has 0 aliphatic carbocycles. The number of methoxy groups -OCH3 is 1. The molecule has 1 aromatic heterocycles. The Morgan fingerprint density at radius 2 is 1.85 bits per heavy atom. The number of fused-ring (bicyclic) bond motifs is 3. The van der Waals surface area contributed by atoms with Crippen molar-refractivity contribution in [1.29, 1.82) is 0 Å². The van der Waals surface area contributed by atoms with Gasteiger partial charge in [0.15, 0.2) is 27.8 Å². The van der Waals surface area contributed by atoms with E-state index in [0.717, 1.165) is 21.9 Å². The Morgan fingerprint density at radius 3 is 2.70 bits per heavy atom. The molecule has 0 N–H and O–H groups in total. The highest BCUT2D eigenvalue weighted by atomic mass is 32.1. The summed E-state index contributed by atoms with van der Waals surface area (Å²) in [6, 6.07) is 24.5. The summed E-state index contributed by atoms with van der Waals surface area (Å²) in [6.45, 7) is 4.17. The van der Waals surface area contributed by atoms with E-state index in [1.54, 1.807) is 43.7 Å². The number of carbonyl (C=O) groups excluding carboxylic acids is 1. The van der Waals surface area contributed by atoms with Gasteiger partial charge in [0.25, 0.3) is 5.56 Å². The summed E-state index contributed by atoms with van der Waals surface area (Å²) in [5.74, 6) is 1.76. The minimum Gasteiger partial charge on any atom is -0.493 e. The Balaban J connectivity index is 1.25. The second kappa shape index (κ2) is 12.2. The van der Waals surface area contributed by atoms with Crippen LogP contribution in [0.25, 0.3) is 16.8 Å². The Labute approximate surface area is 268 Å². The number of esters is 1. The summed E-state index contributed by atoms with van der Waals surface area (Å²) >= 11 is 1.25. The summed E-state index contributed by atoms with van der Waals surface area (Å²) in [4.78, 5) is 32.4. The van der Waals surface area contributed by atoms with Gasteiger partial charge < -0.3 is 23.7 Å². The number of rotatable bonds is 8. The van der Waals surface area contributed by atoms with Crippen LogP contribution in [0.1, 0.15) is 36.6 Å². The largest absolute Gasteiger partial charge is 0.493 e. The van der Waals surface area contributed by atoms with Crippen LogP contribution in [0.15, 0.2) is 99.9 Å². The van der Waals surface area contributed by atoms with Crippen molar-refractivity contribution >= 4 is 34.2 Å². The van der Waals surface area contributed by atoms with Crippen LogP contribution in [0, 0.1) is 0 Å². The third-order valence-corrected chi connectivity index (χ3v) is 8.96. The summed E-state index contributed by atoms with van der Waals surface area (Å²) in [5, 5.41) is 2.29. The van der Waals surface area contributed by atoms with E-state index in [4.69, 9.17) is 23.7 Å². The fraction of sp³-hybridized carbons (Fsp3) is 0.194. The van der Waals surface area contributed by atoms with Gasteiger partial charge in [-0.15, -0.1) is 0 Å². The van der Waals surface area contributed by atoms with E-state index < -0.39 is 12.0 Å². The van der Waals surface area contributed by atoms with E-state index >= 15 is 0 Å². The van der Waals surface area contributed by atoms with Crippen molar-refractivity contribution in [3.63, 3.8) is 0 Å². The van der Waals surface area contributed by atoms with E-state index in [2.05, 4.69) is 29.3 Å². The fourth-order valence-electron chi connectivity index (χ4n) is 5.81. The molecule has 2 aliphatic rings. The fourth-order valence-corrected chi connectivity index (χ4v) is 6.86. The molecule has 0 unspecified atom stereocenters. The van der Waals surface area contributed by atoms with E-state index in [1.165, 1.54) is 11.3 Å². The van der Waals surface area contributed by atoms with Crippen molar-refractivity contribution < 1.29 is 28.5 Å². The zero-order chi connectivity index (χ0) is 31.8. The molecule has 0 radical (unpaired) electrons. The summed E-state index contributed by atoms with van der Waals surface area (Å²) in [6.07, 6.45) is 1.79. The van der Waals surface area contributed by atoms with E-state index in [9.17, 15) is 9.59 Å². The molecule has 0 amide bonds. The van der Waals surface area contributed by atoms with Crippen LogP contribution < -0.4 is 33.8 Å². The number of carbonyl (C=O) groups is 1. The standard InChI is InChI=1S/C36H30N2O7S/c1-4-42-35(40)32-21(2)37-36-38(33(32)24-13-15-28-30(18-24)45-20-44-28)34(39)31(46-36)17-22-12-14-27(29(16-22)41-3)43-19-25-10-7-9-23-8-5-6-11-26(23)25/h5-18,33H,4,19-20H2,1-3H3/b31-17-/t33-/m0/s1. The lowest BCUT2D eigenvalue weighted by Crippen LogP contribution is -2.39. The maximum absolute atomic E-state index is 14.1. The molecule has 0 fully saturated rings. The number of thiazole rings is 1. The molecule has 46 heavy (non-hydrogen) atoms. The first-order valence-electron chi connectivity index (χ1n) is 14.8. The third-order valence-electron chi connectivity index (χ3n) is 7.98. The molecule has 0 saturated carbocycles. The van der Waals surface area contributed by atoms with E-state index in [-0.39, 0.29) is 19.0 Å². The van der Waals surface area contributed by atoms with Crippen molar-refractivity contribution in [2.75, 3.05) is 20.5 Å². The summed E-state index contributed by atoms with van der Waals surface area (Å²) in [7, 11) is 1.59. The predicted octanol–water partition coefficient (Wildman–Crippen LogP) is 5.27. The smallest absolute Gasteiger partial charge is 0.338 e. The number of nitrogens with zero attached hydrogens (tertiary/aromatic N) is 2. The topological polar surface area (TPSA) is 97.6 Å². The average Bonchev–Trinajstić information content (AvgIpc) is 3.66.